The number of ketones is 1. The van der Waals surface area contributed by atoms with Crippen LogP contribution in [0, 0.1) is 23.2 Å². The van der Waals surface area contributed by atoms with Crippen molar-refractivity contribution in [1.29, 1.82) is 5.26 Å². The Morgan fingerprint density at radius 3 is 2.82 bits per heavy atom. The van der Waals surface area contributed by atoms with Crippen LogP contribution in [0.2, 0.25) is 0 Å². The number of rotatable bonds is 1. The van der Waals surface area contributed by atoms with Gasteiger partial charge in [-0.3, -0.25) is 4.79 Å². The molecule has 1 aliphatic carbocycles. The Labute approximate surface area is 74.7 Å². The largest absolute Gasteiger partial charge is 0.298 e. The summed E-state index contributed by atoms with van der Waals surface area (Å²) in [6.45, 7) is 1.87. The van der Waals surface area contributed by atoms with Crippen molar-refractivity contribution in [1.82, 2.24) is 0 Å². The molecular weight excluding hydrogens is 206 g/mol. The van der Waals surface area contributed by atoms with Crippen LogP contribution >= 0.6 is 15.9 Å². The van der Waals surface area contributed by atoms with Crippen LogP contribution in [0.4, 0.5) is 0 Å². The summed E-state index contributed by atoms with van der Waals surface area (Å²) in [6, 6.07) is 2.18. The van der Waals surface area contributed by atoms with Gasteiger partial charge >= 0.3 is 0 Å². The van der Waals surface area contributed by atoms with Gasteiger partial charge in [0, 0.05) is 12.3 Å². The molecule has 1 unspecified atom stereocenters. The van der Waals surface area contributed by atoms with Gasteiger partial charge in [0.2, 0.25) is 0 Å². The Bertz CT molecular complexity index is 209. The van der Waals surface area contributed by atoms with Gasteiger partial charge in [-0.05, 0) is 19.3 Å². The van der Waals surface area contributed by atoms with Gasteiger partial charge in [-0.1, -0.05) is 15.9 Å². The van der Waals surface area contributed by atoms with Crippen molar-refractivity contribution in [2.24, 2.45) is 11.8 Å². The normalized spacial score (nSPS) is 33.4. The highest BCUT2D eigenvalue weighted by atomic mass is 79.9. The molecule has 0 spiro atoms. The fourth-order valence-electron chi connectivity index (χ4n) is 1.43. The minimum atomic E-state index is -0.0721. The second-order valence-electron chi connectivity index (χ2n) is 2.99. The number of carbonyl (C=O) groups is 1. The van der Waals surface area contributed by atoms with Crippen LogP contribution < -0.4 is 0 Å². The average molecular weight is 216 g/mol. The molecule has 2 nitrogen and oxygen atoms in total. The lowest BCUT2D eigenvalue weighted by molar-refractivity contribution is -0.117. The quantitative estimate of drug-likeness (QED) is 0.628. The number of nitrogens with zero attached hydrogens (tertiary/aromatic N) is 1. The molecule has 0 amide bonds. The van der Waals surface area contributed by atoms with Crippen LogP contribution in [0.3, 0.4) is 0 Å². The highest BCUT2D eigenvalue weighted by molar-refractivity contribution is 9.10. The number of nitriles is 1. The predicted molar refractivity (Wildman–Crippen MR) is 45.2 cm³/mol. The molecule has 0 bridgehead atoms. The molecule has 3 heteroatoms. The molecule has 1 rings (SSSR count). The van der Waals surface area contributed by atoms with Gasteiger partial charge in [-0.15, -0.1) is 0 Å². The molecule has 0 heterocycles. The van der Waals surface area contributed by atoms with Gasteiger partial charge in [-0.25, -0.2) is 0 Å². The Morgan fingerprint density at radius 2 is 2.45 bits per heavy atom. The Kier molecular flexibility index (Phi) is 2.67. The summed E-state index contributed by atoms with van der Waals surface area (Å²) in [5.74, 6) is 0.468. The van der Waals surface area contributed by atoms with Gasteiger partial charge in [0.05, 0.1) is 10.9 Å². The van der Waals surface area contributed by atoms with Gasteiger partial charge in [-0.2, -0.15) is 5.26 Å². The number of hydrogen-bond donors (Lipinski definition) is 0. The summed E-state index contributed by atoms with van der Waals surface area (Å²) < 4.78 is 0. The molecule has 1 fully saturated rings. The predicted octanol–water partition coefficient (Wildman–Crippen LogP) is 1.89. The van der Waals surface area contributed by atoms with Gasteiger partial charge < -0.3 is 0 Å². The lowest BCUT2D eigenvalue weighted by Gasteiger charge is -2.13. The minimum absolute atomic E-state index is 0.00850. The van der Waals surface area contributed by atoms with Crippen molar-refractivity contribution < 1.29 is 4.79 Å². The fourth-order valence-corrected chi connectivity index (χ4v) is 2.38. The van der Waals surface area contributed by atoms with E-state index in [4.69, 9.17) is 5.26 Å². The van der Waals surface area contributed by atoms with Gasteiger partial charge in [0.25, 0.3) is 0 Å². The summed E-state index contributed by atoms with van der Waals surface area (Å²) in [4.78, 5) is 11.0. The maximum absolute atomic E-state index is 11.0. The zero-order chi connectivity index (χ0) is 8.43. The Morgan fingerprint density at radius 1 is 1.82 bits per heavy atom. The van der Waals surface area contributed by atoms with E-state index in [0.717, 1.165) is 6.42 Å². The van der Waals surface area contributed by atoms with E-state index in [9.17, 15) is 4.79 Å². The Balaban J connectivity index is 2.63. The van der Waals surface area contributed by atoms with Crippen molar-refractivity contribution in [2.45, 2.75) is 24.6 Å². The SMILES string of the molecule is C[C@@H](C#N)[C@@H]1CCC(=O)C1Br. The lowest BCUT2D eigenvalue weighted by Crippen LogP contribution is -2.19. The molecule has 3 atom stereocenters. The number of hydrogen-bond acceptors (Lipinski definition) is 2. The van der Waals surface area contributed by atoms with Crippen LogP contribution in [0.1, 0.15) is 19.8 Å². The summed E-state index contributed by atoms with van der Waals surface area (Å²) in [6.07, 6.45) is 1.50. The van der Waals surface area contributed by atoms with E-state index in [1.165, 1.54) is 0 Å². The topological polar surface area (TPSA) is 40.9 Å². The minimum Gasteiger partial charge on any atom is -0.298 e. The third kappa shape index (κ3) is 1.62. The zero-order valence-corrected chi connectivity index (χ0v) is 7.97. The summed E-state index contributed by atoms with van der Waals surface area (Å²) >= 11 is 3.31. The van der Waals surface area contributed by atoms with Crippen LogP contribution in [-0.2, 0) is 4.79 Å². The second kappa shape index (κ2) is 3.36. The third-order valence-electron chi connectivity index (χ3n) is 2.25. The first-order valence-corrected chi connectivity index (χ1v) is 4.64. The first-order valence-electron chi connectivity index (χ1n) is 3.73. The summed E-state index contributed by atoms with van der Waals surface area (Å²) in [5.41, 5.74) is 0. The third-order valence-corrected chi connectivity index (χ3v) is 3.44. The van der Waals surface area contributed by atoms with Crippen molar-refractivity contribution >= 4 is 21.7 Å². The average Bonchev–Trinajstić information content (AvgIpc) is 2.32. The number of halogens is 1. The van der Waals surface area contributed by atoms with E-state index >= 15 is 0 Å². The molecule has 1 aliphatic rings. The molecule has 0 aliphatic heterocycles. The summed E-state index contributed by atoms with van der Waals surface area (Å²) in [7, 11) is 0. The lowest BCUT2D eigenvalue weighted by atomic mass is 9.94. The van der Waals surface area contributed by atoms with E-state index in [-0.39, 0.29) is 22.4 Å². The smallest absolute Gasteiger partial charge is 0.146 e. The number of alkyl halides is 1. The zero-order valence-electron chi connectivity index (χ0n) is 6.38. The van der Waals surface area contributed by atoms with E-state index in [2.05, 4.69) is 22.0 Å². The molecule has 0 radical (unpaired) electrons. The van der Waals surface area contributed by atoms with E-state index in [1.807, 2.05) is 6.92 Å². The Hall–Kier alpha value is -0.360. The monoisotopic (exact) mass is 215 g/mol. The molecule has 60 valence electrons. The van der Waals surface area contributed by atoms with Crippen LogP contribution in [0.25, 0.3) is 0 Å². The first-order chi connectivity index (χ1) is 5.16. The highest BCUT2D eigenvalue weighted by Crippen LogP contribution is 2.33. The standard InChI is InChI=1S/C8H10BrNO/c1-5(4-10)6-2-3-7(11)8(6)9/h5-6,8H,2-3H2,1H3/t5-,6-,8?/m0/s1. The molecule has 1 saturated carbocycles. The molecular formula is C8H10BrNO. The van der Waals surface area contributed by atoms with Crippen LogP contribution in [0.15, 0.2) is 0 Å². The van der Waals surface area contributed by atoms with Gasteiger partial charge in [0.1, 0.15) is 5.78 Å². The van der Waals surface area contributed by atoms with Crippen molar-refractivity contribution in [2.75, 3.05) is 0 Å². The molecule has 0 saturated heterocycles. The molecule has 0 N–H and O–H groups in total. The molecule has 11 heavy (non-hydrogen) atoms. The van der Waals surface area contributed by atoms with E-state index < -0.39 is 0 Å². The van der Waals surface area contributed by atoms with Crippen molar-refractivity contribution in [3.05, 3.63) is 0 Å². The second-order valence-corrected chi connectivity index (χ2v) is 3.97. The van der Waals surface area contributed by atoms with E-state index in [0.29, 0.717) is 6.42 Å². The van der Waals surface area contributed by atoms with Crippen molar-refractivity contribution in [3.8, 4) is 6.07 Å². The molecule has 0 aromatic heterocycles. The highest BCUT2D eigenvalue weighted by Gasteiger charge is 2.35. The number of carbonyl (C=O) groups excluding carboxylic acids is 1. The molecule has 0 aromatic rings. The maximum atomic E-state index is 11.0. The summed E-state index contributed by atoms with van der Waals surface area (Å²) in [5, 5.41) is 8.62. The fraction of sp³-hybridized carbons (Fsp3) is 0.750. The van der Waals surface area contributed by atoms with Crippen LogP contribution in [-0.4, -0.2) is 10.6 Å². The van der Waals surface area contributed by atoms with Crippen LogP contribution in [0.5, 0.6) is 0 Å². The number of Topliss-reactive ketones (excluding diaryl/α,β-unsaturated/α-hetero) is 1. The first kappa shape index (κ1) is 8.73. The van der Waals surface area contributed by atoms with Gasteiger partial charge in [0.15, 0.2) is 0 Å². The maximum Gasteiger partial charge on any atom is 0.146 e. The van der Waals surface area contributed by atoms with E-state index in [1.54, 1.807) is 0 Å². The molecule has 0 aromatic carbocycles. The van der Waals surface area contributed by atoms with Crippen molar-refractivity contribution in [3.63, 3.8) is 0 Å².